The maximum absolute atomic E-state index is 13.2. The molecule has 7 nitrogen and oxygen atoms in total. The molecule has 34 heavy (non-hydrogen) atoms. The van der Waals surface area contributed by atoms with Crippen LogP contribution in [0.15, 0.2) is 60.7 Å². The fourth-order valence-corrected chi connectivity index (χ4v) is 4.47. The zero-order valence-electron chi connectivity index (χ0n) is 19.7. The van der Waals surface area contributed by atoms with Crippen LogP contribution >= 0.6 is 0 Å². The van der Waals surface area contributed by atoms with E-state index < -0.39 is 5.60 Å². The molecule has 2 N–H and O–H groups in total. The predicted octanol–water partition coefficient (Wildman–Crippen LogP) is 2.96. The molecule has 1 saturated heterocycles. The van der Waals surface area contributed by atoms with Gasteiger partial charge in [-0.25, -0.2) is 0 Å². The Labute approximate surface area is 201 Å². The number of fused-ring (bicyclic) bond motifs is 1. The Hall–Kier alpha value is -3.16. The Morgan fingerprint density at radius 3 is 2.82 bits per heavy atom. The van der Waals surface area contributed by atoms with Crippen molar-refractivity contribution in [3.8, 4) is 5.75 Å². The monoisotopic (exact) mass is 463 g/mol. The minimum atomic E-state index is -1.03. The summed E-state index contributed by atoms with van der Waals surface area (Å²) >= 11 is 0. The summed E-state index contributed by atoms with van der Waals surface area (Å²) in [5.74, 6) is 0.579. The Morgan fingerprint density at radius 1 is 1.12 bits per heavy atom. The van der Waals surface area contributed by atoms with Gasteiger partial charge in [-0.2, -0.15) is 0 Å². The number of carbonyl (C=O) groups is 2. The summed E-state index contributed by atoms with van der Waals surface area (Å²) in [5, 5.41) is 5.99. The average molecular weight is 464 g/mol. The summed E-state index contributed by atoms with van der Waals surface area (Å²) in [6, 6.07) is 15.8. The molecule has 1 spiro atoms. The van der Waals surface area contributed by atoms with Gasteiger partial charge in [0.15, 0.2) is 5.60 Å². The number of rotatable bonds is 4. The van der Waals surface area contributed by atoms with Crippen LogP contribution in [0, 0.1) is 0 Å². The van der Waals surface area contributed by atoms with E-state index in [9.17, 15) is 9.59 Å². The van der Waals surface area contributed by atoms with Crippen molar-refractivity contribution in [3.63, 3.8) is 0 Å². The first-order chi connectivity index (χ1) is 16.6. The third-order valence-corrected chi connectivity index (χ3v) is 6.29. The predicted molar refractivity (Wildman–Crippen MR) is 132 cm³/mol. The third-order valence-electron chi connectivity index (χ3n) is 6.29. The molecular weight excluding hydrogens is 430 g/mol. The first-order valence-corrected chi connectivity index (χ1v) is 12.0. The lowest BCUT2D eigenvalue weighted by Crippen LogP contribution is -2.60. The fourth-order valence-electron chi connectivity index (χ4n) is 4.47. The summed E-state index contributed by atoms with van der Waals surface area (Å²) < 4.78 is 12.0. The number of nitrogens with one attached hydrogen (secondary N) is 2. The van der Waals surface area contributed by atoms with E-state index >= 15 is 0 Å². The van der Waals surface area contributed by atoms with Gasteiger partial charge in [0.25, 0.3) is 5.91 Å². The van der Waals surface area contributed by atoms with Crippen LogP contribution in [-0.4, -0.2) is 61.7 Å². The second kappa shape index (κ2) is 11.3. The molecule has 2 amide bonds. The van der Waals surface area contributed by atoms with E-state index in [0.29, 0.717) is 39.3 Å². The smallest absolute Gasteiger partial charge is 0.254 e. The fraction of sp³-hybridized carbons (Fsp3) is 0.407. The molecule has 2 heterocycles. The normalized spacial score (nSPS) is 22.4. The zero-order valence-corrected chi connectivity index (χ0v) is 19.7. The van der Waals surface area contributed by atoms with Crippen molar-refractivity contribution in [2.45, 2.75) is 31.8 Å². The topological polar surface area (TPSA) is 79.9 Å². The largest absolute Gasteiger partial charge is 0.491 e. The molecule has 0 radical (unpaired) electrons. The number of anilines is 1. The number of aryl methyl sites for hydroxylation is 1. The first-order valence-electron chi connectivity index (χ1n) is 12.0. The Bertz CT molecular complexity index is 1040. The number of allylic oxidation sites excluding steroid dienone is 1. The summed E-state index contributed by atoms with van der Waals surface area (Å²) in [5.41, 5.74) is 2.01. The van der Waals surface area contributed by atoms with Crippen molar-refractivity contribution in [2.75, 3.05) is 44.7 Å². The molecule has 2 aromatic rings. The molecule has 0 bridgehead atoms. The summed E-state index contributed by atoms with van der Waals surface area (Å²) in [4.78, 5) is 28.0. The molecule has 0 aliphatic carbocycles. The zero-order chi connectivity index (χ0) is 23.8. The summed E-state index contributed by atoms with van der Waals surface area (Å²) in [6.45, 7) is 4.37. The van der Waals surface area contributed by atoms with Gasteiger partial charge in [-0.3, -0.25) is 14.5 Å². The van der Waals surface area contributed by atoms with Crippen LogP contribution in [0.1, 0.15) is 24.5 Å². The van der Waals surface area contributed by atoms with Gasteiger partial charge in [0.2, 0.25) is 5.91 Å². The molecule has 180 valence electrons. The number of carbonyl (C=O) groups excluding carboxylic acids is 2. The first kappa shape index (κ1) is 24.0. The van der Waals surface area contributed by atoms with E-state index in [1.807, 2.05) is 59.5 Å². The van der Waals surface area contributed by atoms with Crippen molar-refractivity contribution in [2.24, 2.45) is 0 Å². The maximum Gasteiger partial charge on any atom is 0.254 e. The van der Waals surface area contributed by atoms with Crippen molar-refractivity contribution < 1.29 is 19.1 Å². The van der Waals surface area contributed by atoms with E-state index in [4.69, 9.17) is 9.47 Å². The van der Waals surface area contributed by atoms with Crippen LogP contribution in [0.3, 0.4) is 0 Å². The van der Waals surface area contributed by atoms with Gasteiger partial charge >= 0.3 is 0 Å². The van der Waals surface area contributed by atoms with Gasteiger partial charge in [-0.05, 0) is 36.1 Å². The van der Waals surface area contributed by atoms with Gasteiger partial charge in [-0.1, -0.05) is 55.5 Å². The number of ether oxygens (including phenoxy) is 2. The van der Waals surface area contributed by atoms with Crippen LogP contribution < -0.4 is 15.4 Å². The van der Waals surface area contributed by atoms with Crippen LogP contribution in [0.2, 0.25) is 0 Å². The molecule has 0 saturated carbocycles. The van der Waals surface area contributed by atoms with Crippen LogP contribution in [0.25, 0.3) is 0 Å². The Balaban J connectivity index is 1.44. The second-order valence-electron chi connectivity index (χ2n) is 8.70. The molecule has 4 rings (SSSR count). The molecule has 1 fully saturated rings. The van der Waals surface area contributed by atoms with Gasteiger partial charge < -0.3 is 20.1 Å². The highest BCUT2D eigenvalue weighted by atomic mass is 16.5. The van der Waals surface area contributed by atoms with Crippen LogP contribution in [0.4, 0.5) is 5.69 Å². The number of benzene rings is 2. The van der Waals surface area contributed by atoms with Gasteiger partial charge in [-0.15, -0.1) is 0 Å². The van der Waals surface area contributed by atoms with Crippen molar-refractivity contribution in [1.29, 1.82) is 0 Å². The molecule has 1 atom stereocenters. The Morgan fingerprint density at radius 2 is 1.94 bits per heavy atom. The second-order valence-corrected chi connectivity index (χ2v) is 8.70. The number of para-hydroxylation sites is 2. The molecule has 2 aliphatic rings. The minimum absolute atomic E-state index is 0.0907. The average Bonchev–Trinajstić information content (AvgIpc) is 2.85. The maximum atomic E-state index is 13.2. The standard InChI is InChI=1S/C27H33N3O4/c1-2-21-9-3-5-12-23(21)29-25(31)19-30-16-18-34-27(20-30)14-8-7-11-22-10-4-6-13-24(22)33-17-15-28-26(27)32/h3-10,12-13H,2,11,14-20H2,1H3,(H,28,32)(H,29,31)/b8-7+. The number of hydrogen-bond donors (Lipinski definition) is 2. The highest BCUT2D eigenvalue weighted by molar-refractivity contribution is 5.93. The van der Waals surface area contributed by atoms with Gasteiger partial charge in [0.1, 0.15) is 12.4 Å². The quantitative estimate of drug-likeness (QED) is 0.682. The van der Waals surface area contributed by atoms with E-state index in [1.54, 1.807) is 0 Å². The molecule has 7 heteroatoms. The third kappa shape index (κ3) is 5.85. The van der Waals surface area contributed by atoms with Gasteiger partial charge in [0, 0.05) is 25.2 Å². The molecule has 2 aromatic carbocycles. The van der Waals surface area contributed by atoms with E-state index in [0.717, 1.165) is 35.4 Å². The Kier molecular flexibility index (Phi) is 7.98. The number of hydrogen-bond acceptors (Lipinski definition) is 5. The number of morpholine rings is 1. The van der Waals surface area contributed by atoms with Crippen molar-refractivity contribution in [1.82, 2.24) is 10.2 Å². The number of nitrogens with zero attached hydrogens (tertiary/aromatic N) is 1. The minimum Gasteiger partial charge on any atom is -0.491 e. The van der Waals surface area contributed by atoms with Crippen LogP contribution in [0.5, 0.6) is 5.75 Å². The highest BCUT2D eigenvalue weighted by Crippen LogP contribution is 2.25. The van der Waals surface area contributed by atoms with Crippen molar-refractivity contribution >= 4 is 17.5 Å². The molecule has 1 unspecified atom stereocenters. The molecule has 2 aliphatic heterocycles. The lowest BCUT2D eigenvalue weighted by atomic mass is 9.94. The lowest BCUT2D eigenvalue weighted by molar-refractivity contribution is -0.160. The number of amides is 2. The molecule has 0 aromatic heterocycles. The molecular formula is C27H33N3O4. The van der Waals surface area contributed by atoms with Crippen LogP contribution in [-0.2, 0) is 27.2 Å². The van der Waals surface area contributed by atoms with Gasteiger partial charge in [0.05, 0.1) is 19.7 Å². The van der Waals surface area contributed by atoms with Crippen molar-refractivity contribution in [3.05, 3.63) is 71.8 Å². The summed E-state index contributed by atoms with van der Waals surface area (Å²) in [7, 11) is 0. The van der Waals surface area contributed by atoms with E-state index in [2.05, 4.69) is 23.6 Å². The van der Waals surface area contributed by atoms with E-state index in [-0.39, 0.29) is 18.4 Å². The lowest BCUT2D eigenvalue weighted by Gasteiger charge is -2.41. The van der Waals surface area contributed by atoms with E-state index in [1.165, 1.54) is 0 Å². The summed E-state index contributed by atoms with van der Waals surface area (Å²) in [6.07, 6.45) is 6.06. The highest BCUT2D eigenvalue weighted by Gasteiger charge is 2.43. The SMILES string of the molecule is CCc1ccccc1NC(=O)CN1CCOC2(C/C=C/Cc3ccccc3OCCNC2=O)C1.